The monoisotopic (exact) mass is 181 g/mol. The topological polar surface area (TPSA) is 95.2 Å². The molecule has 0 fully saturated rings. The van der Waals surface area contributed by atoms with Gasteiger partial charge in [-0.25, -0.2) is 0 Å². The van der Waals surface area contributed by atoms with Crippen LogP contribution in [0.3, 0.4) is 0 Å². The fraction of sp³-hybridized carbons (Fsp3) is 0.250. The number of benzene rings is 1. The van der Waals surface area contributed by atoms with Crippen LogP contribution in [0, 0.1) is 10.1 Å². The van der Waals surface area contributed by atoms with Crippen LogP contribution in [0.4, 0.5) is 5.69 Å². The molecule has 5 nitrogen and oxygen atoms in total. The van der Waals surface area contributed by atoms with E-state index in [-0.39, 0.29) is 18.8 Å². The number of hydrogen-bond acceptors (Lipinski definition) is 4. The third-order valence-corrected chi connectivity index (χ3v) is 1.87. The summed E-state index contributed by atoms with van der Waals surface area (Å²) in [4.78, 5) is 10.1. The van der Waals surface area contributed by atoms with Crippen LogP contribution in [0.2, 0.25) is 0 Å². The number of hydrogen-bond donors (Lipinski definition) is 2. The van der Waals surface area contributed by atoms with Crippen LogP contribution in [0.15, 0.2) is 18.2 Å². The Labute approximate surface area is 75.5 Å². The van der Waals surface area contributed by atoms with Crippen molar-refractivity contribution in [1.82, 2.24) is 0 Å². The molecule has 0 aromatic heterocycles. The smallest absolute Gasteiger partial charge is 0.274 e. The highest BCUT2D eigenvalue weighted by Gasteiger charge is 2.14. The Morgan fingerprint density at radius 1 is 1.31 bits per heavy atom. The summed E-state index contributed by atoms with van der Waals surface area (Å²) in [5.41, 5.74) is 12.1. The van der Waals surface area contributed by atoms with Crippen LogP contribution in [0.1, 0.15) is 11.1 Å². The van der Waals surface area contributed by atoms with Crippen LogP contribution >= 0.6 is 0 Å². The second kappa shape index (κ2) is 3.97. The standard InChI is InChI=1S/C8H11N3O2/c9-4-6-2-1-3-8(11(12)13)7(6)5-10/h1-3H,4-5,9-10H2. The van der Waals surface area contributed by atoms with Crippen molar-refractivity contribution in [3.63, 3.8) is 0 Å². The lowest BCUT2D eigenvalue weighted by molar-refractivity contribution is -0.385. The Morgan fingerprint density at radius 3 is 2.46 bits per heavy atom. The summed E-state index contributed by atoms with van der Waals surface area (Å²) in [5.74, 6) is 0. The zero-order chi connectivity index (χ0) is 9.84. The molecule has 5 heteroatoms. The minimum atomic E-state index is -0.443. The summed E-state index contributed by atoms with van der Waals surface area (Å²) in [5, 5.41) is 10.6. The zero-order valence-electron chi connectivity index (χ0n) is 7.06. The Bertz CT molecular complexity index is 325. The molecule has 0 saturated carbocycles. The second-order valence-electron chi connectivity index (χ2n) is 2.58. The molecular formula is C8H11N3O2. The first-order valence-corrected chi connectivity index (χ1v) is 3.86. The molecule has 0 aliphatic carbocycles. The molecule has 0 amide bonds. The van der Waals surface area contributed by atoms with Gasteiger partial charge in [0, 0.05) is 24.7 Å². The van der Waals surface area contributed by atoms with E-state index in [4.69, 9.17) is 11.5 Å². The molecule has 0 spiro atoms. The Hall–Kier alpha value is -1.46. The van der Waals surface area contributed by atoms with Crippen molar-refractivity contribution in [1.29, 1.82) is 0 Å². The quantitative estimate of drug-likeness (QED) is 0.524. The fourth-order valence-electron chi connectivity index (χ4n) is 1.22. The average molecular weight is 181 g/mol. The molecule has 0 heterocycles. The van der Waals surface area contributed by atoms with Crippen LogP contribution in [0.5, 0.6) is 0 Å². The first kappa shape index (κ1) is 9.63. The number of nitrogens with two attached hydrogens (primary N) is 2. The summed E-state index contributed by atoms with van der Waals surface area (Å²) in [7, 11) is 0. The van der Waals surface area contributed by atoms with Gasteiger partial charge in [0.25, 0.3) is 5.69 Å². The van der Waals surface area contributed by atoms with Crippen molar-refractivity contribution in [2.75, 3.05) is 0 Å². The van der Waals surface area contributed by atoms with Crippen LogP contribution in [-0.2, 0) is 13.1 Å². The second-order valence-corrected chi connectivity index (χ2v) is 2.58. The molecule has 13 heavy (non-hydrogen) atoms. The van der Waals surface area contributed by atoms with Crippen molar-refractivity contribution in [3.05, 3.63) is 39.4 Å². The minimum Gasteiger partial charge on any atom is -0.326 e. The van der Waals surface area contributed by atoms with Gasteiger partial charge in [-0.05, 0) is 5.56 Å². The highest BCUT2D eigenvalue weighted by Crippen LogP contribution is 2.21. The average Bonchev–Trinajstić information content (AvgIpc) is 2.16. The van der Waals surface area contributed by atoms with Gasteiger partial charge in [0.05, 0.1) is 4.92 Å². The largest absolute Gasteiger partial charge is 0.326 e. The van der Waals surface area contributed by atoms with E-state index in [0.717, 1.165) is 5.56 Å². The van der Waals surface area contributed by atoms with Crippen molar-refractivity contribution in [2.24, 2.45) is 11.5 Å². The van der Waals surface area contributed by atoms with Gasteiger partial charge in [-0.1, -0.05) is 12.1 Å². The molecule has 70 valence electrons. The molecule has 0 saturated heterocycles. The maximum atomic E-state index is 10.6. The van der Waals surface area contributed by atoms with E-state index in [9.17, 15) is 10.1 Å². The lowest BCUT2D eigenvalue weighted by Gasteiger charge is -2.04. The molecule has 0 atom stereocenters. The summed E-state index contributed by atoms with van der Waals surface area (Å²) >= 11 is 0. The molecular weight excluding hydrogens is 170 g/mol. The first-order chi connectivity index (χ1) is 6.20. The third kappa shape index (κ3) is 1.82. The SMILES string of the molecule is NCc1cccc([N+](=O)[O-])c1CN. The van der Waals surface area contributed by atoms with E-state index in [1.807, 2.05) is 0 Å². The van der Waals surface area contributed by atoms with E-state index >= 15 is 0 Å². The normalized spacial score (nSPS) is 10.0. The van der Waals surface area contributed by atoms with Gasteiger partial charge in [-0.2, -0.15) is 0 Å². The van der Waals surface area contributed by atoms with Crippen LogP contribution in [-0.4, -0.2) is 4.92 Å². The maximum absolute atomic E-state index is 10.6. The van der Waals surface area contributed by atoms with Gasteiger partial charge in [0.2, 0.25) is 0 Å². The summed E-state index contributed by atoms with van der Waals surface area (Å²) in [6.45, 7) is 0.415. The van der Waals surface area contributed by atoms with Crippen molar-refractivity contribution >= 4 is 5.69 Å². The molecule has 1 aromatic carbocycles. The van der Waals surface area contributed by atoms with Gasteiger partial charge >= 0.3 is 0 Å². The van der Waals surface area contributed by atoms with Crippen molar-refractivity contribution < 1.29 is 4.92 Å². The lowest BCUT2D eigenvalue weighted by Crippen LogP contribution is -2.08. The van der Waals surface area contributed by atoms with E-state index in [0.29, 0.717) is 5.56 Å². The number of nitrogens with zero attached hydrogens (tertiary/aromatic N) is 1. The highest BCUT2D eigenvalue weighted by molar-refractivity contribution is 5.45. The maximum Gasteiger partial charge on any atom is 0.274 e. The minimum absolute atomic E-state index is 0.0467. The number of nitro benzene ring substituents is 1. The van der Waals surface area contributed by atoms with Gasteiger partial charge in [0.15, 0.2) is 0 Å². The van der Waals surface area contributed by atoms with Gasteiger partial charge in [-0.15, -0.1) is 0 Å². The van der Waals surface area contributed by atoms with Gasteiger partial charge < -0.3 is 11.5 Å². The highest BCUT2D eigenvalue weighted by atomic mass is 16.6. The molecule has 0 bridgehead atoms. The molecule has 0 radical (unpaired) electrons. The van der Waals surface area contributed by atoms with Crippen molar-refractivity contribution in [3.8, 4) is 0 Å². The van der Waals surface area contributed by atoms with Gasteiger partial charge in [0.1, 0.15) is 0 Å². The van der Waals surface area contributed by atoms with E-state index in [1.54, 1.807) is 12.1 Å². The predicted molar refractivity (Wildman–Crippen MR) is 48.9 cm³/mol. The Balaban J connectivity index is 3.27. The number of rotatable bonds is 3. The van der Waals surface area contributed by atoms with E-state index < -0.39 is 4.92 Å². The summed E-state index contributed by atoms with van der Waals surface area (Å²) in [6, 6.07) is 4.79. The molecule has 1 rings (SSSR count). The van der Waals surface area contributed by atoms with Gasteiger partial charge in [-0.3, -0.25) is 10.1 Å². The molecule has 0 unspecified atom stereocenters. The van der Waals surface area contributed by atoms with Crippen molar-refractivity contribution in [2.45, 2.75) is 13.1 Å². The molecule has 0 aliphatic rings. The lowest BCUT2D eigenvalue weighted by atomic mass is 10.1. The first-order valence-electron chi connectivity index (χ1n) is 3.86. The van der Waals surface area contributed by atoms with E-state index in [2.05, 4.69) is 0 Å². The fourth-order valence-corrected chi connectivity index (χ4v) is 1.22. The van der Waals surface area contributed by atoms with Crippen LogP contribution in [0.25, 0.3) is 0 Å². The Kier molecular flexibility index (Phi) is 2.94. The summed E-state index contributed by atoms with van der Waals surface area (Å²) in [6.07, 6.45) is 0. The zero-order valence-corrected chi connectivity index (χ0v) is 7.06. The van der Waals surface area contributed by atoms with E-state index in [1.165, 1.54) is 6.07 Å². The molecule has 4 N–H and O–H groups in total. The Morgan fingerprint density at radius 2 is 2.00 bits per heavy atom. The molecule has 0 aliphatic heterocycles. The summed E-state index contributed by atoms with van der Waals surface area (Å²) < 4.78 is 0. The third-order valence-electron chi connectivity index (χ3n) is 1.87. The van der Waals surface area contributed by atoms with Crippen LogP contribution < -0.4 is 11.5 Å². The number of nitro groups is 1. The molecule has 1 aromatic rings. The predicted octanol–water partition coefficient (Wildman–Crippen LogP) is 0.512.